The summed E-state index contributed by atoms with van der Waals surface area (Å²) in [6.07, 6.45) is 2.90. The van der Waals surface area contributed by atoms with E-state index in [1.165, 1.54) is 6.07 Å². The van der Waals surface area contributed by atoms with Crippen LogP contribution in [0.1, 0.15) is 32.3 Å². The van der Waals surface area contributed by atoms with Crippen molar-refractivity contribution in [3.63, 3.8) is 0 Å². The van der Waals surface area contributed by atoms with E-state index in [4.69, 9.17) is 0 Å². The van der Waals surface area contributed by atoms with Crippen molar-refractivity contribution in [2.45, 2.75) is 39.2 Å². The molecule has 0 heterocycles. The first-order chi connectivity index (χ1) is 7.63. The molecule has 1 nitrogen and oxygen atoms in total. The quantitative estimate of drug-likeness (QED) is 0.783. The minimum atomic E-state index is -0.113. The Kier molecular flexibility index (Phi) is 5.99. The maximum absolute atomic E-state index is 13.5. The van der Waals surface area contributed by atoms with E-state index in [1.807, 2.05) is 12.1 Å². The van der Waals surface area contributed by atoms with Gasteiger partial charge < -0.3 is 5.32 Å². The van der Waals surface area contributed by atoms with Crippen molar-refractivity contribution in [1.29, 1.82) is 0 Å². The Morgan fingerprint density at radius 1 is 1.44 bits per heavy atom. The molecule has 3 heteroatoms. The molecule has 0 radical (unpaired) electrons. The Balaban J connectivity index is 2.32. The van der Waals surface area contributed by atoms with E-state index in [1.54, 1.807) is 0 Å². The zero-order valence-electron chi connectivity index (χ0n) is 9.89. The van der Waals surface area contributed by atoms with Gasteiger partial charge in [-0.1, -0.05) is 28.9 Å². The molecule has 1 aromatic carbocycles. The van der Waals surface area contributed by atoms with Crippen LogP contribution in [0.25, 0.3) is 0 Å². The van der Waals surface area contributed by atoms with Gasteiger partial charge in [-0.25, -0.2) is 4.39 Å². The summed E-state index contributed by atoms with van der Waals surface area (Å²) in [5.74, 6) is -0.113. The maximum atomic E-state index is 13.5. The Bertz CT molecular complexity index is 328. The minimum Gasteiger partial charge on any atom is -0.314 e. The second-order valence-corrected chi connectivity index (χ2v) is 5.02. The smallest absolute Gasteiger partial charge is 0.127 e. The fourth-order valence-electron chi connectivity index (χ4n) is 1.50. The Morgan fingerprint density at radius 3 is 2.81 bits per heavy atom. The molecule has 0 amide bonds. The fourth-order valence-corrected chi connectivity index (χ4v) is 1.83. The van der Waals surface area contributed by atoms with Gasteiger partial charge in [0, 0.05) is 10.5 Å². The lowest BCUT2D eigenvalue weighted by atomic mass is 10.1. The normalized spacial score (nSPS) is 12.8. The summed E-state index contributed by atoms with van der Waals surface area (Å²) >= 11 is 3.25. The molecule has 1 unspecified atom stereocenters. The van der Waals surface area contributed by atoms with Gasteiger partial charge in [0.15, 0.2) is 0 Å². The van der Waals surface area contributed by atoms with Crippen LogP contribution in [0, 0.1) is 5.82 Å². The lowest BCUT2D eigenvalue weighted by Crippen LogP contribution is -2.26. The predicted octanol–water partition coefficient (Wildman–Crippen LogP) is 3.91. The predicted molar refractivity (Wildman–Crippen MR) is 70.2 cm³/mol. The monoisotopic (exact) mass is 287 g/mol. The summed E-state index contributed by atoms with van der Waals surface area (Å²) in [4.78, 5) is 0. The van der Waals surface area contributed by atoms with Gasteiger partial charge in [-0.2, -0.15) is 0 Å². The largest absolute Gasteiger partial charge is 0.314 e. The van der Waals surface area contributed by atoms with Crippen molar-refractivity contribution in [1.82, 2.24) is 5.32 Å². The van der Waals surface area contributed by atoms with Crippen molar-refractivity contribution in [3.8, 4) is 0 Å². The molecule has 0 aromatic heterocycles. The van der Waals surface area contributed by atoms with Crippen molar-refractivity contribution >= 4 is 15.9 Å². The second-order valence-electron chi connectivity index (χ2n) is 4.10. The third-order valence-corrected chi connectivity index (χ3v) is 3.24. The first-order valence-electron chi connectivity index (χ1n) is 5.80. The zero-order chi connectivity index (χ0) is 12.0. The molecular formula is C13H19BrFN. The number of hydrogen-bond donors (Lipinski definition) is 1. The first kappa shape index (κ1) is 13.7. The lowest BCUT2D eigenvalue weighted by molar-refractivity contribution is 0.520. The number of aryl methyl sites for hydroxylation is 1. The molecule has 16 heavy (non-hydrogen) atoms. The molecule has 0 aliphatic carbocycles. The molecule has 90 valence electrons. The number of halogens is 2. The third kappa shape index (κ3) is 4.62. The van der Waals surface area contributed by atoms with Gasteiger partial charge in [0.25, 0.3) is 0 Å². The van der Waals surface area contributed by atoms with Crippen LogP contribution in [-0.4, -0.2) is 12.6 Å². The van der Waals surface area contributed by atoms with E-state index >= 15 is 0 Å². The van der Waals surface area contributed by atoms with Crippen LogP contribution in [0.4, 0.5) is 4.39 Å². The number of benzene rings is 1. The average molecular weight is 288 g/mol. The molecule has 0 aliphatic rings. The van der Waals surface area contributed by atoms with Gasteiger partial charge in [-0.3, -0.25) is 0 Å². The topological polar surface area (TPSA) is 12.0 Å². The van der Waals surface area contributed by atoms with Crippen molar-refractivity contribution < 1.29 is 4.39 Å². The number of hydrogen-bond acceptors (Lipinski definition) is 1. The van der Waals surface area contributed by atoms with Gasteiger partial charge in [0.05, 0.1) is 0 Å². The van der Waals surface area contributed by atoms with Crippen molar-refractivity contribution in [2.75, 3.05) is 6.54 Å². The van der Waals surface area contributed by atoms with E-state index in [2.05, 4.69) is 35.1 Å². The summed E-state index contributed by atoms with van der Waals surface area (Å²) in [5, 5.41) is 3.40. The van der Waals surface area contributed by atoms with Crippen LogP contribution < -0.4 is 5.32 Å². The fraction of sp³-hybridized carbons (Fsp3) is 0.538. The van der Waals surface area contributed by atoms with E-state index < -0.39 is 0 Å². The van der Waals surface area contributed by atoms with Gasteiger partial charge in [-0.05, 0) is 50.4 Å². The van der Waals surface area contributed by atoms with Crippen LogP contribution >= 0.6 is 15.9 Å². The van der Waals surface area contributed by atoms with Crippen molar-refractivity contribution in [3.05, 3.63) is 34.1 Å². The summed E-state index contributed by atoms with van der Waals surface area (Å²) < 4.78 is 14.2. The van der Waals surface area contributed by atoms with E-state index in [9.17, 15) is 4.39 Å². The first-order valence-corrected chi connectivity index (χ1v) is 6.60. The maximum Gasteiger partial charge on any atom is 0.127 e. The summed E-state index contributed by atoms with van der Waals surface area (Å²) in [6.45, 7) is 5.27. The molecule has 1 rings (SSSR count). The Morgan fingerprint density at radius 2 is 2.19 bits per heavy atom. The highest BCUT2D eigenvalue weighted by Gasteiger charge is 2.03. The van der Waals surface area contributed by atoms with E-state index in [0.29, 0.717) is 6.04 Å². The van der Waals surface area contributed by atoms with Crippen LogP contribution in [-0.2, 0) is 6.42 Å². The zero-order valence-corrected chi connectivity index (χ0v) is 11.5. The highest BCUT2D eigenvalue weighted by molar-refractivity contribution is 9.10. The Labute approximate surface area is 106 Å². The van der Waals surface area contributed by atoms with E-state index in [0.717, 1.165) is 35.8 Å². The molecule has 0 aliphatic heterocycles. The second kappa shape index (κ2) is 7.02. The van der Waals surface area contributed by atoms with Crippen LogP contribution in [0.5, 0.6) is 0 Å². The summed E-state index contributed by atoms with van der Waals surface area (Å²) in [6, 6.07) is 5.82. The van der Waals surface area contributed by atoms with Gasteiger partial charge in [-0.15, -0.1) is 0 Å². The van der Waals surface area contributed by atoms with Crippen LogP contribution in [0.15, 0.2) is 22.7 Å². The van der Waals surface area contributed by atoms with Crippen LogP contribution in [0.2, 0.25) is 0 Å². The standard InChI is InChI=1S/C13H19BrFN/c1-3-10(2)16-8-4-5-11-6-7-12(14)9-13(11)15/h6-7,9-10,16H,3-5,8H2,1-2H3. The highest BCUT2D eigenvalue weighted by Crippen LogP contribution is 2.16. The Hall–Kier alpha value is -0.410. The van der Waals surface area contributed by atoms with E-state index in [-0.39, 0.29) is 5.82 Å². The number of nitrogens with one attached hydrogen (secondary N) is 1. The molecule has 0 bridgehead atoms. The molecular weight excluding hydrogens is 269 g/mol. The molecule has 0 saturated heterocycles. The highest BCUT2D eigenvalue weighted by atomic mass is 79.9. The lowest BCUT2D eigenvalue weighted by Gasteiger charge is -2.11. The minimum absolute atomic E-state index is 0.113. The SMILES string of the molecule is CCC(C)NCCCc1ccc(Br)cc1F. The van der Waals surface area contributed by atoms with Crippen molar-refractivity contribution in [2.24, 2.45) is 0 Å². The third-order valence-electron chi connectivity index (χ3n) is 2.74. The van der Waals surface area contributed by atoms with Gasteiger partial charge in [0.1, 0.15) is 5.82 Å². The molecule has 1 N–H and O–H groups in total. The molecule has 0 spiro atoms. The molecule has 0 saturated carbocycles. The van der Waals surface area contributed by atoms with Crippen LogP contribution in [0.3, 0.4) is 0 Å². The summed E-state index contributed by atoms with van der Waals surface area (Å²) in [5.41, 5.74) is 0.800. The average Bonchev–Trinajstić information content (AvgIpc) is 2.26. The van der Waals surface area contributed by atoms with Gasteiger partial charge in [0.2, 0.25) is 0 Å². The summed E-state index contributed by atoms with van der Waals surface area (Å²) in [7, 11) is 0. The molecule has 0 fully saturated rings. The van der Waals surface area contributed by atoms with Gasteiger partial charge >= 0.3 is 0 Å². The number of rotatable bonds is 6. The molecule has 1 aromatic rings. The molecule has 1 atom stereocenters.